The Hall–Kier alpha value is -2.90. The van der Waals surface area contributed by atoms with Crippen LogP contribution in [0.25, 0.3) is 0 Å². The van der Waals surface area contributed by atoms with Crippen molar-refractivity contribution in [1.29, 1.82) is 0 Å². The van der Waals surface area contributed by atoms with E-state index in [0.717, 1.165) is 5.56 Å². The molecule has 1 atom stereocenters. The quantitative estimate of drug-likeness (QED) is 0.742. The molecule has 2 rings (SSSR count). The molecule has 8 nitrogen and oxygen atoms in total. The molecule has 28 heavy (non-hydrogen) atoms. The number of urea groups is 1. The molecule has 1 fully saturated rings. The molecular formula is C20H27N3O5. The van der Waals surface area contributed by atoms with Crippen LogP contribution in [0.3, 0.4) is 0 Å². The average molecular weight is 389 g/mol. The number of esters is 1. The summed E-state index contributed by atoms with van der Waals surface area (Å²) in [6, 6.07) is 6.40. The summed E-state index contributed by atoms with van der Waals surface area (Å²) in [6.45, 7) is 6.18. The Labute approximate surface area is 164 Å². The molecule has 3 N–H and O–H groups in total. The van der Waals surface area contributed by atoms with Gasteiger partial charge in [-0.25, -0.2) is 4.79 Å². The number of nitrogens with two attached hydrogens (primary N) is 1. The molecular weight excluding hydrogens is 362 g/mol. The number of ether oxygens (including phenoxy) is 1. The van der Waals surface area contributed by atoms with Gasteiger partial charge in [-0.15, -0.1) is 0 Å². The Balaban J connectivity index is 1.94. The van der Waals surface area contributed by atoms with Crippen molar-refractivity contribution in [3.63, 3.8) is 0 Å². The Morgan fingerprint density at radius 2 is 1.75 bits per heavy atom. The fourth-order valence-electron chi connectivity index (χ4n) is 3.21. The molecule has 1 aromatic rings. The molecule has 0 spiro atoms. The number of carbonyl (C=O) groups is 4. The lowest BCUT2D eigenvalue weighted by Gasteiger charge is -2.32. The number of carbonyl (C=O) groups excluding carboxylic acids is 4. The largest absolute Gasteiger partial charge is 0.452 e. The smallest absolute Gasteiger partial charge is 0.318 e. The number of nitrogens with zero attached hydrogens (tertiary/aromatic N) is 1. The predicted molar refractivity (Wildman–Crippen MR) is 102 cm³/mol. The maximum absolute atomic E-state index is 12.7. The number of benzene rings is 1. The molecule has 1 aromatic carbocycles. The van der Waals surface area contributed by atoms with E-state index in [2.05, 4.69) is 0 Å². The summed E-state index contributed by atoms with van der Waals surface area (Å²) in [5, 5.41) is 1.95. The summed E-state index contributed by atoms with van der Waals surface area (Å²) in [7, 11) is 0. The van der Waals surface area contributed by atoms with Crippen LogP contribution in [0.2, 0.25) is 0 Å². The fourth-order valence-corrected chi connectivity index (χ4v) is 3.21. The lowest BCUT2D eigenvalue weighted by molar-refractivity contribution is -0.163. The van der Waals surface area contributed by atoms with Gasteiger partial charge in [-0.2, -0.15) is 0 Å². The number of imide groups is 1. The number of piperidine rings is 1. The normalized spacial score (nSPS) is 15.8. The summed E-state index contributed by atoms with van der Waals surface area (Å²) < 4.78 is 5.35. The average Bonchev–Trinajstić information content (AvgIpc) is 2.65. The summed E-state index contributed by atoms with van der Waals surface area (Å²) in [4.78, 5) is 49.8. The van der Waals surface area contributed by atoms with Gasteiger partial charge in [0, 0.05) is 18.7 Å². The van der Waals surface area contributed by atoms with E-state index in [-0.39, 0.29) is 11.8 Å². The standard InChI is InChI=1S/C20H27N3O5/c1-12(2)16(17(24)22-20(21)27)28-19(26)14-8-10-23(11-9-14)18(25)15-7-5-4-6-13(15)3/h4-7,12,14,16H,8-11H2,1-3H3,(H3,21,22,24,27)/t16-/m1/s1. The van der Waals surface area contributed by atoms with Gasteiger partial charge in [0.25, 0.3) is 11.8 Å². The Morgan fingerprint density at radius 3 is 2.29 bits per heavy atom. The first kappa shape index (κ1) is 21.4. The van der Waals surface area contributed by atoms with Crippen molar-refractivity contribution < 1.29 is 23.9 Å². The van der Waals surface area contributed by atoms with E-state index in [0.29, 0.717) is 31.5 Å². The van der Waals surface area contributed by atoms with Gasteiger partial charge in [0.05, 0.1) is 5.92 Å². The second-order valence-corrected chi connectivity index (χ2v) is 7.34. The summed E-state index contributed by atoms with van der Waals surface area (Å²) >= 11 is 0. The zero-order valence-electron chi connectivity index (χ0n) is 16.4. The summed E-state index contributed by atoms with van der Waals surface area (Å²) in [5.41, 5.74) is 6.53. The minimum atomic E-state index is -1.09. The Morgan fingerprint density at radius 1 is 1.14 bits per heavy atom. The maximum Gasteiger partial charge on any atom is 0.318 e. The van der Waals surface area contributed by atoms with Crippen molar-refractivity contribution >= 4 is 23.8 Å². The van der Waals surface area contributed by atoms with E-state index in [9.17, 15) is 19.2 Å². The molecule has 4 amide bonds. The zero-order valence-corrected chi connectivity index (χ0v) is 16.4. The molecule has 0 aliphatic carbocycles. The first-order chi connectivity index (χ1) is 13.2. The van der Waals surface area contributed by atoms with Crippen LogP contribution in [-0.2, 0) is 14.3 Å². The maximum atomic E-state index is 12.7. The van der Waals surface area contributed by atoms with Gasteiger partial charge in [-0.1, -0.05) is 32.0 Å². The summed E-state index contributed by atoms with van der Waals surface area (Å²) in [5.74, 6) is -2.00. The van der Waals surface area contributed by atoms with Crippen LogP contribution in [0.1, 0.15) is 42.6 Å². The van der Waals surface area contributed by atoms with Crippen molar-refractivity contribution in [2.75, 3.05) is 13.1 Å². The lowest BCUT2D eigenvalue weighted by atomic mass is 9.95. The first-order valence-corrected chi connectivity index (χ1v) is 9.36. The molecule has 0 radical (unpaired) electrons. The molecule has 8 heteroatoms. The molecule has 152 valence electrons. The lowest BCUT2D eigenvalue weighted by Crippen LogP contribution is -2.47. The topological polar surface area (TPSA) is 119 Å². The molecule has 0 unspecified atom stereocenters. The van der Waals surface area contributed by atoms with E-state index in [1.165, 1.54) is 0 Å². The van der Waals surface area contributed by atoms with Crippen LogP contribution in [0.15, 0.2) is 24.3 Å². The first-order valence-electron chi connectivity index (χ1n) is 9.36. The monoisotopic (exact) mass is 389 g/mol. The van der Waals surface area contributed by atoms with Crippen molar-refractivity contribution in [1.82, 2.24) is 10.2 Å². The second kappa shape index (κ2) is 9.34. The number of amides is 4. The van der Waals surface area contributed by atoms with Gasteiger partial charge >= 0.3 is 12.0 Å². The van der Waals surface area contributed by atoms with Gasteiger partial charge in [0.1, 0.15) is 0 Å². The zero-order chi connectivity index (χ0) is 20.8. The van der Waals surface area contributed by atoms with Crippen molar-refractivity contribution in [3.05, 3.63) is 35.4 Å². The van der Waals surface area contributed by atoms with Crippen LogP contribution in [0, 0.1) is 18.8 Å². The molecule has 1 heterocycles. The van der Waals surface area contributed by atoms with E-state index in [1.54, 1.807) is 24.8 Å². The number of aryl methyl sites for hydroxylation is 1. The predicted octanol–water partition coefficient (Wildman–Crippen LogP) is 1.61. The van der Waals surface area contributed by atoms with Crippen LogP contribution in [0.4, 0.5) is 4.79 Å². The van der Waals surface area contributed by atoms with Crippen LogP contribution >= 0.6 is 0 Å². The third-order valence-corrected chi connectivity index (χ3v) is 4.84. The molecule has 0 saturated carbocycles. The Bertz CT molecular complexity index is 754. The second-order valence-electron chi connectivity index (χ2n) is 7.34. The molecule has 0 bridgehead atoms. The van der Waals surface area contributed by atoms with E-state index >= 15 is 0 Å². The van der Waals surface area contributed by atoms with Crippen LogP contribution in [0.5, 0.6) is 0 Å². The highest BCUT2D eigenvalue weighted by Gasteiger charge is 2.33. The van der Waals surface area contributed by atoms with Gasteiger partial charge in [-0.3, -0.25) is 19.7 Å². The van der Waals surface area contributed by atoms with Crippen LogP contribution in [-0.4, -0.2) is 47.9 Å². The molecule has 1 aliphatic rings. The third-order valence-electron chi connectivity index (χ3n) is 4.84. The van der Waals surface area contributed by atoms with Gasteiger partial charge in [0.15, 0.2) is 6.10 Å². The molecule has 1 aliphatic heterocycles. The van der Waals surface area contributed by atoms with Crippen molar-refractivity contribution in [2.24, 2.45) is 17.6 Å². The highest BCUT2D eigenvalue weighted by atomic mass is 16.5. The number of likely N-dealkylation sites (tertiary alicyclic amines) is 1. The minimum absolute atomic E-state index is 0.0502. The van der Waals surface area contributed by atoms with Gasteiger partial charge < -0.3 is 15.4 Å². The van der Waals surface area contributed by atoms with Crippen molar-refractivity contribution in [3.8, 4) is 0 Å². The minimum Gasteiger partial charge on any atom is -0.452 e. The molecule has 1 saturated heterocycles. The van der Waals surface area contributed by atoms with E-state index in [1.807, 2.05) is 30.4 Å². The highest BCUT2D eigenvalue weighted by molar-refractivity contribution is 5.97. The molecule has 0 aromatic heterocycles. The number of hydrogen-bond acceptors (Lipinski definition) is 5. The van der Waals surface area contributed by atoms with Crippen LogP contribution < -0.4 is 11.1 Å². The number of hydrogen-bond donors (Lipinski definition) is 2. The fraction of sp³-hybridized carbons (Fsp3) is 0.500. The van der Waals surface area contributed by atoms with Gasteiger partial charge in [-0.05, 0) is 37.3 Å². The summed E-state index contributed by atoms with van der Waals surface area (Å²) in [6.07, 6.45) is -0.177. The number of nitrogens with one attached hydrogen (secondary N) is 1. The van der Waals surface area contributed by atoms with Crippen molar-refractivity contribution in [2.45, 2.75) is 39.7 Å². The third kappa shape index (κ3) is 5.31. The van der Waals surface area contributed by atoms with Gasteiger partial charge in [0.2, 0.25) is 0 Å². The number of rotatable bonds is 5. The Kier molecular flexibility index (Phi) is 7.14. The number of primary amides is 1. The highest BCUT2D eigenvalue weighted by Crippen LogP contribution is 2.22. The SMILES string of the molecule is Cc1ccccc1C(=O)N1CCC(C(=O)O[C@@H](C(=O)NC(N)=O)C(C)C)CC1. The van der Waals surface area contributed by atoms with E-state index < -0.39 is 29.9 Å². The van der Waals surface area contributed by atoms with E-state index in [4.69, 9.17) is 10.5 Å².